The molecule has 192 valence electrons. The quantitative estimate of drug-likeness (QED) is 0.233. The van der Waals surface area contributed by atoms with Crippen molar-refractivity contribution in [3.8, 4) is 11.5 Å². The highest BCUT2D eigenvalue weighted by molar-refractivity contribution is 6.13. The molecule has 4 aromatic rings. The summed E-state index contributed by atoms with van der Waals surface area (Å²) in [4.78, 5) is 19.1. The number of rotatable bonds is 8. The molecule has 0 saturated carbocycles. The Kier molecular flexibility index (Phi) is 8.10. The largest absolute Gasteiger partial charge is 0.492 e. The predicted octanol–water partition coefficient (Wildman–Crippen LogP) is 4.86. The van der Waals surface area contributed by atoms with E-state index in [1.165, 1.54) is 21.9 Å². The summed E-state index contributed by atoms with van der Waals surface area (Å²) >= 11 is 0. The topological polar surface area (TPSA) is 110 Å². The van der Waals surface area contributed by atoms with Crippen LogP contribution in [-0.2, 0) is 9.59 Å². The molecular weight excluding hydrogens is 472 g/mol. The molecule has 1 unspecified atom stereocenters. The van der Waals surface area contributed by atoms with E-state index in [0.717, 1.165) is 23.6 Å². The average molecular weight is 503 g/mol. The van der Waals surface area contributed by atoms with Crippen LogP contribution in [-0.4, -0.2) is 52.5 Å². The van der Waals surface area contributed by atoms with Crippen LogP contribution in [0.2, 0.25) is 0 Å². The Balaban J connectivity index is 0.000000349. The Morgan fingerprint density at radius 2 is 1.73 bits per heavy atom. The Hall–Kier alpha value is -4.30. The summed E-state index contributed by atoms with van der Waals surface area (Å²) in [6, 6.07) is 23.9. The fourth-order valence-corrected chi connectivity index (χ4v) is 4.46. The highest BCUT2D eigenvalue weighted by atomic mass is 16.5. The lowest BCUT2D eigenvalue weighted by atomic mass is 10.1. The van der Waals surface area contributed by atoms with Crippen LogP contribution in [0.3, 0.4) is 0 Å². The van der Waals surface area contributed by atoms with E-state index in [1.54, 1.807) is 0 Å². The van der Waals surface area contributed by atoms with Crippen LogP contribution in [0.5, 0.6) is 11.5 Å². The number of aliphatic carboxylic acids is 2. The summed E-state index contributed by atoms with van der Waals surface area (Å²) in [5.41, 5.74) is 3.60. The molecule has 2 heterocycles. The standard InChI is InChI=1S/C25H26N2O2.C4H4O4/c1-17(2)26-14-15-28-22-12-7-11-20-24(22)19-10-6-13-23-25(19)27(20)21(16-29-23)18-8-4-3-5-9-18;5-3(6)1-2-4(7)8/h3-13,17,21,26H,14-16H2,1-2H3;1-2H,(H,5,6)(H,7,8)/b;2-1-. The lowest BCUT2D eigenvalue weighted by molar-refractivity contribution is -0.134. The molecule has 0 aliphatic carbocycles. The zero-order valence-corrected chi connectivity index (χ0v) is 20.8. The minimum absolute atomic E-state index is 0.143. The van der Waals surface area contributed by atoms with E-state index in [2.05, 4.69) is 90.5 Å². The van der Waals surface area contributed by atoms with Crippen LogP contribution in [0.15, 0.2) is 78.9 Å². The molecule has 8 heteroatoms. The number of nitrogens with one attached hydrogen (secondary N) is 1. The molecule has 0 radical (unpaired) electrons. The Bertz CT molecular complexity index is 1410. The van der Waals surface area contributed by atoms with E-state index >= 15 is 0 Å². The zero-order chi connectivity index (χ0) is 26.4. The number of para-hydroxylation sites is 1. The van der Waals surface area contributed by atoms with Gasteiger partial charge >= 0.3 is 11.9 Å². The highest BCUT2D eigenvalue weighted by Gasteiger charge is 2.28. The van der Waals surface area contributed by atoms with Crippen LogP contribution in [0.25, 0.3) is 21.8 Å². The van der Waals surface area contributed by atoms with E-state index in [4.69, 9.17) is 19.7 Å². The summed E-state index contributed by atoms with van der Waals surface area (Å²) < 4.78 is 14.8. The van der Waals surface area contributed by atoms with Gasteiger partial charge in [-0.25, -0.2) is 9.59 Å². The molecule has 3 aromatic carbocycles. The van der Waals surface area contributed by atoms with Crippen molar-refractivity contribution in [1.29, 1.82) is 0 Å². The third-order valence-corrected chi connectivity index (χ3v) is 5.95. The number of carbonyl (C=O) groups is 2. The van der Waals surface area contributed by atoms with Crippen LogP contribution in [0.1, 0.15) is 25.5 Å². The normalized spacial score (nSPS) is 14.4. The first-order chi connectivity index (χ1) is 17.9. The number of ether oxygens (including phenoxy) is 2. The fraction of sp³-hybridized carbons (Fsp3) is 0.241. The van der Waals surface area contributed by atoms with Gasteiger partial charge in [-0.1, -0.05) is 62.4 Å². The van der Waals surface area contributed by atoms with Gasteiger partial charge in [-0.05, 0) is 23.8 Å². The van der Waals surface area contributed by atoms with Crippen molar-refractivity contribution >= 4 is 33.7 Å². The number of benzene rings is 3. The average Bonchev–Trinajstić information content (AvgIpc) is 3.23. The van der Waals surface area contributed by atoms with E-state index in [1.807, 2.05) is 0 Å². The first kappa shape index (κ1) is 25.8. The molecule has 1 atom stereocenters. The fourth-order valence-electron chi connectivity index (χ4n) is 4.46. The maximum absolute atomic E-state index is 9.55. The van der Waals surface area contributed by atoms with Crippen molar-refractivity contribution in [3.63, 3.8) is 0 Å². The van der Waals surface area contributed by atoms with Gasteiger partial charge in [0.25, 0.3) is 0 Å². The minimum Gasteiger partial charge on any atom is -0.492 e. The maximum Gasteiger partial charge on any atom is 0.328 e. The van der Waals surface area contributed by atoms with Crippen LogP contribution in [0.4, 0.5) is 0 Å². The number of hydrogen-bond donors (Lipinski definition) is 3. The molecule has 0 spiro atoms. The van der Waals surface area contributed by atoms with Crippen molar-refractivity contribution in [1.82, 2.24) is 9.88 Å². The van der Waals surface area contributed by atoms with Gasteiger partial charge in [0.1, 0.15) is 24.7 Å². The second-order valence-corrected chi connectivity index (χ2v) is 8.88. The number of carboxylic acids is 2. The Morgan fingerprint density at radius 3 is 2.41 bits per heavy atom. The van der Waals surface area contributed by atoms with Gasteiger partial charge in [0.2, 0.25) is 0 Å². The summed E-state index contributed by atoms with van der Waals surface area (Å²) in [7, 11) is 0. The molecule has 0 fully saturated rings. The molecule has 0 saturated heterocycles. The van der Waals surface area contributed by atoms with Crippen molar-refractivity contribution < 1.29 is 29.3 Å². The number of aromatic nitrogens is 1. The number of fused-ring (bicyclic) bond motifs is 3. The smallest absolute Gasteiger partial charge is 0.328 e. The molecule has 1 aliphatic heterocycles. The third kappa shape index (κ3) is 5.92. The third-order valence-electron chi connectivity index (χ3n) is 5.95. The first-order valence-electron chi connectivity index (χ1n) is 12.1. The predicted molar refractivity (Wildman–Crippen MR) is 143 cm³/mol. The molecule has 0 amide bonds. The summed E-state index contributed by atoms with van der Waals surface area (Å²) in [5, 5.41) is 21.4. The molecule has 37 heavy (non-hydrogen) atoms. The monoisotopic (exact) mass is 502 g/mol. The van der Waals surface area contributed by atoms with Crippen LogP contribution < -0.4 is 14.8 Å². The second kappa shape index (κ2) is 11.6. The molecule has 8 nitrogen and oxygen atoms in total. The van der Waals surface area contributed by atoms with Crippen molar-refractivity contribution in [2.75, 3.05) is 19.8 Å². The van der Waals surface area contributed by atoms with E-state index in [-0.39, 0.29) is 6.04 Å². The number of carboxylic acid groups (broad SMARTS) is 2. The molecule has 0 bridgehead atoms. The summed E-state index contributed by atoms with van der Waals surface area (Å²) in [6.07, 6.45) is 1.12. The molecule has 1 aliphatic rings. The molecule has 3 N–H and O–H groups in total. The van der Waals surface area contributed by atoms with Gasteiger partial charge in [-0.15, -0.1) is 0 Å². The van der Waals surface area contributed by atoms with Gasteiger partial charge in [0, 0.05) is 35.5 Å². The first-order valence-corrected chi connectivity index (χ1v) is 12.1. The van der Waals surface area contributed by atoms with Gasteiger partial charge in [0.05, 0.1) is 17.1 Å². The Labute approximate surface area is 214 Å². The maximum atomic E-state index is 9.55. The van der Waals surface area contributed by atoms with E-state index < -0.39 is 11.9 Å². The SMILES string of the molecule is CC(C)NCCOc1cccc2c1c1cccc3c1n2C(c1ccccc1)CO3.O=C(O)/C=C\C(=O)O. The van der Waals surface area contributed by atoms with Crippen LogP contribution >= 0.6 is 0 Å². The number of hydrogen-bond acceptors (Lipinski definition) is 5. The summed E-state index contributed by atoms with van der Waals surface area (Å²) in [5.74, 6) is -0.638. The Morgan fingerprint density at radius 1 is 1.03 bits per heavy atom. The lowest BCUT2D eigenvalue weighted by Gasteiger charge is -2.27. The van der Waals surface area contributed by atoms with E-state index in [9.17, 15) is 9.59 Å². The van der Waals surface area contributed by atoms with E-state index in [0.29, 0.717) is 31.4 Å². The molecular formula is C29H30N2O6. The molecule has 5 rings (SSSR count). The zero-order valence-electron chi connectivity index (χ0n) is 20.8. The highest BCUT2D eigenvalue weighted by Crippen LogP contribution is 2.44. The summed E-state index contributed by atoms with van der Waals surface area (Å²) in [6.45, 7) is 6.39. The lowest BCUT2D eigenvalue weighted by Crippen LogP contribution is -2.27. The van der Waals surface area contributed by atoms with Crippen molar-refractivity contribution in [2.24, 2.45) is 0 Å². The van der Waals surface area contributed by atoms with Gasteiger partial charge in [-0.3, -0.25) is 0 Å². The van der Waals surface area contributed by atoms with Crippen molar-refractivity contribution in [2.45, 2.75) is 25.9 Å². The van der Waals surface area contributed by atoms with Crippen molar-refractivity contribution in [3.05, 3.63) is 84.4 Å². The number of nitrogens with zero attached hydrogens (tertiary/aromatic N) is 1. The van der Waals surface area contributed by atoms with Gasteiger partial charge in [-0.2, -0.15) is 0 Å². The van der Waals surface area contributed by atoms with Gasteiger partial charge in [0.15, 0.2) is 0 Å². The molecule has 1 aromatic heterocycles. The minimum atomic E-state index is -1.26. The van der Waals surface area contributed by atoms with Gasteiger partial charge < -0.3 is 29.6 Å². The van der Waals surface area contributed by atoms with Crippen LogP contribution in [0, 0.1) is 0 Å². The second-order valence-electron chi connectivity index (χ2n) is 8.88.